The molecule has 0 aliphatic heterocycles. The molecule has 21 heteroatoms. The van der Waals surface area contributed by atoms with Crippen LogP contribution in [0.3, 0.4) is 0 Å². The van der Waals surface area contributed by atoms with Crippen LogP contribution in [0.1, 0.15) is 105 Å². The van der Waals surface area contributed by atoms with E-state index >= 15 is 0 Å². The summed E-state index contributed by atoms with van der Waals surface area (Å²) in [7, 11) is 0.0741. The molecule has 0 atom stereocenters. The van der Waals surface area contributed by atoms with Crippen molar-refractivity contribution < 1.29 is 29.5 Å². The smallest absolute Gasteiger partial charge is 0.507 e. The normalized spacial score (nSPS) is 8.31. The zero-order valence-electron chi connectivity index (χ0n) is 36.4. The Morgan fingerprint density at radius 3 is 1.20 bits per heavy atom. The monoisotopic (exact) mass is 1110 g/mol. The maximum atomic E-state index is 11.3. The van der Waals surface area contributed by atoms with Crippen LogP contribution in [-0.2, 0) is 30.9 Å². The molecule has 0 amide bonds. The van der Waals surface area contributed by atoms with Crippen molar-refractivity contribution in [2.45, 2.75) is 116 Å². The number of anilines is 4. The summed E-state index contributed by atoms with van der Waals surface area (Å²) in [5.74, 6) is 0.467. The molecule has 6 heterocycles. The van der Waals surface area contributed by atoms with Crippen molar-refractivity contribution >= 4 is 77.0 Å². The van der Waals surface area contributed by atoms with Crippen LogP contribution >= 0.6 is 45.8 Å². The van der Waals surface area contributed by atoms with Crippen molar-refractivity contribution in [1.29, 1.82) is 0 Å². The number of rotatable bonds is 6. The molecular formula is C40H75N13O2S5W. The predicted molar refractivity (Wildman–Crippen MR) is 271 cm³/mol. The predicted octanol–water partition coefficient (Wildman–Crippen LogP) is 12.4. The third kappa shape index (κ3) is 29.3. The minimum atomic E-state index is -3.40. The molecular weight excluding hydrogens is 1040 g/mol. The van der Waals surface area contributed by atoms with Crippen molar-refractivity contribution in [3.63, 3.8) is 0 Å². The van der Waals surface area contributed by atoms with Crippen molar-refractivity contribution in [1.82, 2.24) is 44.9 Å². The number of nitrogens with one attached hydrogen (secondary N) is 1. The molecule has 348 valence electrons. The maximum absolute atomic E-state index is 11.3. The van der Waals surface area contributed by atoms with E-state index in [1.807, 2.05) is 106 Å². The zero-order valence-corrected chi connectivity index (χ0v) is 43.4. The van der Waals surface area contributed by atoms with E-state index in [-0.39, 0.29) is 55.9 Å². The first-order valence-electron chi connectivity index (χ1n) is 18.0. The average molecular weight is 1110 g/mol. The second kappa shape index (κ2) is 45.8. The van der Waals surface area contributed by atoms with Gasteiger partial charge < -0.3 is 29.9 Å². The van der Waals surface area contributed by atoms with E-state index in [1.165, 1.54) is 52.0 Å². The molecule has 0 aliphatic rings. The molecule has 0 radical (unpaired) electrons. The summed E-state index contributed by atoms with van der Waals surface area (Å²) in [5, 5.41) is 10.1. The van der Waals surface area contributed by atoms with Gasteiger partial charge in [-0.2, -0.15) is 0 Å². The van der Waals surface area contributed by atoms with Gasteiger partial charge in [-0.25, -0.2) is 53.3 Å². The van der Waals surface area contributed by atoms with Crippen LogP contribution in [0, 0.1) is 14.5 Å². The number of thioether (sulfide) groups is 1. The molecule has 7 N–H and O–H groups in total. The number of nitrogens with zero attached hydrogens (tertiary/aromatic N) is 9. The van der Waals surface area contributed by atoms with Gasteiger partial charge in [-0.15, -0.1) is 34.0 Å². The Hall–Kier alpha value is -3.68. The van der Waals surface area contributed by atoms with Crippen LogP contribution in [0.5, 0.6) is 0 Å². The van der Waals surface area contributed by atoms with Gasteiger partial charge in [-0.3, -0.25) is 7.05 Å². The molecule has 0 fully saturated rings. The van der Waals surface area contributed by atoms with Gasteiger partial charge in [-0.05, 0) is 24.5 Å². The molecule has 15 nitrogen and oxygen atoms in total. The summed E-state index contributed by atoms with van der Waals surface area (Å²) in [6.07, 6.45) is 7.75. The number of nitrogen functional groups attached to an aromatic ring is 3. The summed E-state index contributed by atoms with van der Waals surface area (Å²) in [6, 6.07) is 5.19. The Morgan fingerprint density at radius 1 is 0.557 bits per heavy atom. The molecule has 6 rings (SSSR count). The van der Waals surface area contributed by atoms with Crippen molar-refractivity contribution in [2.24, 2.45) is 0 Å². The third-order valence-electron chi connectivity index (χ3n) is 4.95. The molecule has 0 aliphatic carbocycles. The molecule has 0 saturated heterocycles. The van der Waals surface area contributed by atoms with Gasteiger partial charge in [0.1, 0.15) is 17.1 Å². The summed E-state index contributed by atoms with van der Waals surface area (Å²) < 4.78 is 22.5. The average Bonchev–Trinajstić information content (AvgIpc) is 4.04. The molecule has 0 unspecified atom stereocenters. The molecule has 0 bridgehead atoms. The molecule has 0 saturated carbocycles. The first-order valence-corrected chi connectivity index (χ1v) is 23.7. The summed E-state index contributed by atoms with van der Waals surface area (Å²) in [4.78, 5) is 36.4. The first-order chi connectivity index (χ1) is 27.0. The summed E-state index contributed by atoms with van der Waals surface area (Å²) in [5.41, 5.74) is 20.7. The second-order valence-electron chi connectivity index (χ2n) is 8.08. The molecule has 0 aromatic carbocycles. The van der Waals surface area contributed by atoms with E-state index in [0.717, 1.165) is 34.2 Å². The standard InChI is InChI=1S/C8H8N5S.C8H8N4O2S2.C8H8N4S2.6C2H6.3CH4.CH3.W/c1-10-8-11-3-2-5(13-8)6-4-14-7(9)12-6;1-16(13,14)8-10-3-2-5(12-8)6-4-15-7(9)11-6;1-13-8-10-3-2-5(12-8)6-4-14-7(9)11-6;6*1-2;;;;;/h2-4H,1H2,(H2,9,12)(H,10,11,13);2-4H,1H3,(H2,9,11);2-4H,1H3,(H2,9,11);6*1-2H3;3*1H4;1H3;/q-1;;;;;;;;;;;;-1;+2. The molecule has 0 spiro atoms. The third-order valence-corrected chi connectivity index (χ3v) is 8.39. The van der Waals surface area contributed by atoms with Crippen LogP contribution in [0.15, 0.2) is 63.2 Å². The van der Waals surface area contributed by atoms with Gasteiger partial charge in [0.2, 0.25) is 15.0 Å². The van der Waals surface area contributed by atoms with Crippen molar-refractivity contribution in [2.75, 3.05) is 35.0 Å². The Bertz CT molecular complexity index is 1880. The van der Waals surface area contributed by atoms with E-state index in [1.54, 1.807) is 29.9 Å². The van der Waals surface area contributed by atoms with E-state index in [4.69, 9.17) is 17.2 Å². The van der Waals surface area contributed by atoms with E-state index in [2.05, 4.69) is 57.2 Å². The van der Waals surface area contributed by atoms with E-state index < -0.39 is 9.84 Å². The molecule has 6 aromatic heterocycles. The van der Waals surface area contributed by atoms with Crippen molar-refractivity contribution in [3.05, 3.63) is 67.4 Å². The Kier molecular flexibility index (Phi) is 56.2. The number of nitrogens with two attached hydrogens (primary N) is 3. The molecule has 6 aromatic rings. The Balaban J connectivity index is -0.0000000987. The van der Waals surface area contributed by atoms with E-state index in [0.29, 0.717) is 32.7 Å². The SMILES string of the molecule is C.C.C.CC.CC.CC.CC.CC.CC.CS(=O)(=O)c1nccc(-c2csc(N)n2)n1.CSc1nccc(-c2csc(N)n2)n1.[CH2-]Nc1nccc(-c2csc(N)n2)n1.[CH3-].[W+2]. The maximum Gasteiger partial charge on any atom is 2.00 e. The van der Waals surface area contributed by atoms with Gasteiger partial charge in [-0.1, -0.05) is 117 Å². The van der Waals surface area contributed by atoms with Gasteiger partial charge in [0.15, 0.2) is 26.5 Å². The zero-order chi connectivity index (χ0) is 43.7. The Labute approximate surface area is 400 Å². The fourth-order valence-electron chi connectivity index (χ4n) is 3.05. The minimum absolute atomic E-state index is 0. The number of hydrogen-bond donors (Lipinski definition) is 4. The number of thiazole rings is 3. The topological polar surface area (TPSA) is 240 Å². The van der Waals surface area contributed by atoms with Crippen LogP contribution in [-0.4, -0.2) is 65.8 Å². The van der Waals surface area contributed by atoms with Crippen LogP contribution < -0.4 is 22.5 Å². The minimum Gasteiger partial charge on any atom is -0.507 e. The van der Waals surface area contributed by atoms with Crippen LogP contribution in [0.4, 0.5) is 21.3 Å². The second-order valence-corrected chi connectivity index (χ2v) is 13.4. The van der Waals surface area contributed by atoms with Crippen LogP contribution in [0.2, 0.25) is 0 Å². The van der Waals surface area contributed by atoms with Crippen molar-refractivity contribution in [3.8, 4) is 34.2 Å². The fourth-order valence-corrected chi connectivity index (χ4v) is 5.59. The summed E-state index contributed by atoms with van der Waals surface area (Å²) in [6.45, 7) is 24.0. The van der Waals surface area contributed by atoms with Gasteiger partial charge in [0.05, 0.1) is 17.1 Å². The number of aromatic nitrogens is 9. The van der Waals surface area contributed by atoms with Gasteiger partial charge >= 0.3 is 21.1 Å². The first kappa shape index (κ1) is 74.7. The van der Waals surface area contributed by atoms with Gasteiger partial charge in [0, 0.05) is 41.0 Å². The number of hydrogen-bond acceptors (Lipinski definition) is 19. The number of sulfone groups is 1. The van der Waals surface area contributed by atoms with Gasteiger partial charge in [0.25, 0.3) is 0 Å². The van der Waals surface area contributed by atoms with Crippen LogP contribution in [0.25, 0.3) is 34.2 Å². The summed E-state index contributed by atoms with van der Waals surface area (Å²) >= 11 is 5.57. The van der Waals surface area contributed by atoms with E-state index in [9.17, 15) is 8.42 Å². The Morgan fingerprint density at radius 2 is 0.885 bits per heavy atom. The quantitative estimate of drug-likeness (QED) is 0.0689. The largest absolute Gasteiger partial charge is 2.00 e. The molecule has 61 heavy (non-hydrogen) atoms. The fraction of sp³-hybridized carbons (Fsp3) is 0.425.